The summed E-state index contributed by atoms with van der Waals surface area (Å²) in [5.74, 6) is -2.11. The van der Waals surface area contributed by atoms with E-state index >= 15 is 0 Å². The van der Waals surface area contributed by atoms with E-state index in [2.05, 4.69) is 22.6 Å². The molecule has 12 heteroatoms. The molecule has 0 aliphatic rings. The molecule has 1 amide bonds. The molecule has 0 radical (unpaired) electrons. The van der Waals surface area contributed by atoms with E-state index in [1.165, 1.54) is 18.7 Å². The molecule has 0 bridgehead atoms. The summed E-state index contributed by atoms with van der Waals surface area (Å²) in [5, 5.41) is 21.1. The summed E-state index contributed by atoms with van der Waals surface area (Å²) >= 11 is 0. The molecule has 0 N–H and O–H groups in total. The predicted octanol–water partition coefficient (Wildman–Crippen LogP) is 4.47. The molecule has 1 aromatic rings. The monoisotopic (exact) mass is 473 g/mol. The van der Waals surface area contributed by atoms with Crippen molar-refractivity contribution >= 4 is 30.0 Å². The smallest absolute Gasteiger partial charge is 0.400 e. The quantitative estimate of drug-likeness (QED) is 0.0952. The lowest BCUT2D eigenvalue weighted by Gasteiger charge is -2.17. The first-order valence-electron chi connectivity index (χ1n) is 9.77. The number of nitriles is 1. The fraction of sp³-hybridized carbons (Fsp3) is 0.273. The molecule has 1 rings (SSSR count). The number of ether oxygens (including phenoxy) is 4. The zero-order valence-electron chi connectivity index (χ0n) is 19.1. The highest BCUT2D eigenvalue weighted by molar-refractivity contribution is 6.01. The van der Waals surface area contributed by atoms with Crippen molar-refractivity contribution in [3.05, 3.63) is 58.1 Å². The van der Waals surface area contributed by atoms with Gasteiger partial charge >= 0.3 is 18.0 Å². The van der Waals surface area contributed by atoms with E-state index < -0.39 is 40.3 Å². The van der Waals surface area contributed by atoms with Gasteiger partial charge in [0, 0.05) is 19.2 Å². The highest BCUT2D eigenvalue weighted by atomic mass is 16.7. The third-order valence-corrected chi connectivity index (χ3v) is 3.86. The van der Waals surface area contributed by atoms with E-state index in [4.69, 9.17) is 9.47 Å². The second-order valence-corrected chi connectivity index (χ2v) is 6.58. The summed E-state index contributed by atoms with van der Waals surface area (Å²) in [6.07, 6.45) is -1.65. The van der Waals surface area contributed by atoms with Crippen molar-refractivity contribution in [3.8, 4) is 17.6 Å². The van der Waals surface area contributed by atoms with Crippen LogP contribution in [0, 0.1) is 21.4 Å². The summed E-state index contributed by atoms with van der Waals surface area (Å²) in [5.41, 5.74) is -1.22. The second-order valence-electron chi connectivity index (χ2n) is 6.58. The summed E-state index contributed by atoms with van der Waals surface area (Å²) in [6, 6.07) is 3.71. The fourth-order valence-electron chi connectivity index (χ4n) is 2.49. The molecule has 0 aliphatic heterocycles. The number of rotatable bonds is 9. The average molecular weight is 473 g/mol. The van der Waals surface area contributed by atoms with Crippen LogP contribution in [0.5, 0.6) is 11.5 Å². The van der Waals surface area contributed by atoms with Crippen LogP contribution in [0.15, 0.2) is 42.4 Å². The number of likely N-dealkylation sites (N-methyl/N-ethyl adjacent to an activating group) is 1. The van der Waals surface area contributed by atoms with Crippen LogP contribution in [0.4, 0.5) is 15.3 Å². The highest BCUT2D eigenvalue weighted by Crippen LogP contribution is 2.40. The van der Waals surface area contributed by atoms with Crippen LogP contribution in [-0.2, 0) is 14.3 Å². The van der Waals surface area contributed by atoms with Crippen LogP contribution in [-0.4, -0.2) is 41.1 Å². The number of amides is 1. The minimum Gasteiger partial charge on any atom is -0.400 e. The van der Waals surface area contributed by atoms with Gasteiger partial charge in [0.25, 0.3) is 11.7 Å². The van der Waals surface area contributed by atoms with Gasteiger partial charge in [-0.15, -0.1) is 0 Å². The maximum Gasteiger partial charge on any atom is 0.519 e. The highest BCUT2D eigenvalue weighted by Gasteiger charge is 2.28. The van der Waals surface area contributed by atoms with Crippen molar-refractivity contribution in [2.45, 2.75) is 27.7 Å². The summed E-state index contributed by atoms with van der Waals surface area (Å²) in [7, 11) is 0. The molecule has 0 aliphatic carbocycles. The largest absolute Gasteiger partial charge is 0.519 e. The van der Waals surface area contributed by atoms with Crippen molar-refractivity contribution in [2.24, 2.45) is 0 Å². The van der Waals surface area contributed by atoms with E-state index in [-0.39, 0.29) is 22.7 Å². The lowest BCUT2D eigenvalue weighted by atomic mass is 10.1. The normalized spacial score (nSPS) is 10.4. The molecular formula is C22H23N3O9. The summed E-state index contributed by atoms with van der Waals surface area (Å²) in [4.78, 5) is 48.6. The molecule has 0 atom stereocenters. The van der Waals surface area contributed by atoms with Gasteiger partial charge in [0.15, 0.2) is 5.75 Å². The topological polar surface area (TPSA) is 158 Å². The van der Waals surface area contributed by atoms with Crippen LogP contribution in [0.25, 0.3) is 6.08 Å². The van der Waals surface area contributed by atoms with Gasteiger partial charge in [0.2, 0.25) is 0 Å². The third-order valence-electron chi connectivity index (χ3n) is 3.86. The molecule has 0 fully saturated rings. The molecule has 0 aromatic heterocycles. The minimum absolute atomic E-state index is 0.0451. The Morgan fingerprint density at radius 2 is 1.62 bits per heavy atom. The number of nitro groups is 1. The van der Waals surface area contributed by atoms with E-state index in [0.717, 1.165) is 18.2 Å². The van der Waals surface area contributed by atoms with Crippen LogP contribution in [0.3, 0.4) is 0 Å². The number of carbonyl (C=O) groups is 3. The maximum absolute atomic E-state index is 12.6. The maximum atomic E-state index is 12.6. The van der Waals surface area contributed by atoms with Gasteiger partial charge in [0.05, 0.1) is 4.92 Å². The van der Waals surface area contributed by atoms with Gasteiger partial charge in [-0.3, -0.25) is 14.9 Å². The molecule has 0 saturated heterocycles. The summed E-state index contributed by atoms with van der Waals surface area (Å²) < 4.78 is 19.2. The van der Waals surface area contributed by atoms with E-state index in [0.29, 0.717) is 13.1 Å². The fourth-order valence-corrected chi connectivity index (χ4v) is 2.49. The molecule has 0 spiro atoms. The molecule has 0 unspecified atom stereocenters. The Morgan fingerprint density at radius 3 is 2.06 bits per heavy atom. The van der Waals surface area contributed by atoms with Gasteiger partial charge in [-0.2, -0.15) is 5.26 Å². The first-order valence-corrected chi connectivity index (χ1v) is 9.77. The van der Waals surface area contributed by atoms with Gasteiger partial charge in [0.1, 0.15) is 23.2 Å². The lowest BCUT2D eigenvalue weighted by molar-refractivity contribution is -0.385. The number of allylic oxidation sites excluding steroid dienone is 2. The first kappa shape index (κ1) is 27.4. The Hall–Kier alpha value is -4.66. The number of hydrogen-bond donors (Lipinski definition) is 0. The van der Waals surface area contributed by atoms with Gasteiger partial charge in [-0.1, -0.05) is 13.2 Å². The molecule has 1 aromatic carbocycles. The Balaban J connectivity index is 3.68. The van der Waals surface area contributed by atoms with Crippen LogP contribution in [0.2, 0.25) is 0 Å². The molecule has 34 heavy (non-hydrogen) atoms. The van der Waals surface area contributed by atoms with Crippen LogP contribution >= 0.6 is 0 Å². The summed E-state index contributed by atoms with van der Waals surface area (Å²) in [6.45, 7) is 13.5. The van der Waals surface area contributed by atoms with Crippen molar-refractivity contribution in [1.29, 1.82) is 5.26 Å². The van der Waals surface area contributed by atoms with Crippen LogP contribution in [0.1, 0.15) is 33.3 Å². The number of nitro benzene ring substituents is 1. The zero-order chi connectivity index (χ0) is 26.0. The van der Waals surface area contributed by atoms with E-state index in [1.807, 2.05) is 0 Å². The average Bonchev–Trinajstić information content (AvgIpc) is 2.72. The molecule has 0 saturated carbocycles. The standard InChI is InChI=1S/C22H23N3O9/c1-7-24(8-2)20(26)16(12-23)9-15-10-17(25(29)30)19(34-22(28)32-14(5)6)18(11-15)33-21(27)31-13(3)4/h9-11H,3,5,7-8H2,1-2,4,6H3/b16-9+. The Bertz CT molecular complexity index is 1100. The van der Waals surface area contributed by atoms with Crippen LogP contribution < -0.4 is 9.47 Å². The Kier molecular flexibility index (Phi) is 9.98. The van der Waals surface area contributed by atoms with Crippen molar-refractivity contribution < 1.29 is 38.3 Å². The van der Waals surface area contributed by atoms with E-state index in [1.54, 1.807) is 19.9 Å². The Labute approximate surface area is 195 Å². The molecule has 180 valence electrons. The second kappa shape index (κ2) is 12.4. The van der Waals surface area contributed by atoms with Crippen molar-refractivity contribution in [3.63, 3.8) is 0 Å². The predicted molar refractivity (Wildman–Crippen MR) is 118 cm³/mol. The minimum atomic E-state index is -1.38. The number of hydrogen-bond acceptors (Lipinski definition) is 10. The number of benzene rings is 1. The number of nitrogens with zero attached hydrogens (tertiary/aromatic N) is 3. The van der Waals surface area contributed by atoms with Gasteiger partial charge in [-0.25, -0.2) is 9.59 Å². The van der Waals surface area contributed by atoms with Gasteiger partial charge < -0.3 is 23.8 Å². The molecule has 0 heterocycles. The zero-order valence-corrected chi connectivity index (χ0v) is 19.1. The first-order chi connectivity index (χ1) is 15.9. The molecular weight excluding hydrogens is 450 g/mol. The van der Waals surface area contributed by atoms with Gasteiger partial charge in [-0.05, 0) is 45.4 Å². The molecule has 12 nitrogen and oxygen atoms in total. The van der Waals surface area contributed by atoms with Crippen molar-refractivity contribution in [1.82, 2.24) is 4.90 Å². The SMILES string of the molecule is C=C(C)OC(=O)Oc1cc(/C=C(\C#N)C(=O)N(CC)CC)cc([N+](=O)[O-])c1OC(=O)OC(=C)C. The third kappa shape index (κ3) is 7.79. The van der Waals surface area contributed by atoms with Crippen molar-refractivity contribution in [2.75, 3.05) is 13.1 Å². The number of carbonyl (C=O) groups excluding carboxylic acids is 3. The van der Waals surface area contributed by atoms with E-state index in [9.17, 15) is 29.8 Å². The lowest BCUT2D eigenvalue weighted by Crippen LogP contribution is -2.31. The Morgan fingerprint density at radius 1 is 1.09 bits per heavy atom.